The van der Waals surface area contributed by atoms with E-state index in [9.17, 15) is 20.1 Å². The lowest BCUT2D eigenvalue weighted by Crippen LogP contribution is -2.29. The Kier molecular flexibility index (Phi) is 7.03. The fourth-order valence-electron chi connectivity index (χ4n) is 2.67. The van der Waals surface area contributed by atoms with Crippen molar-refractivity contribution in [2.45, 2.75) is 13.5 Å². The van der Waals surface area contributed by atoms with Gasteiger partial charge in [-0.15, -0.1) is 0 Å². The number of hydrogen-bond acceptors (Lipinski definition) is 6. The van der Waals surface area contributed by atoms with Crippen LogP contribution in [0.1, 0.15) is 23.6 Å². The summed E-state index contributed by atoms with van der Waals surface area (Å²) in [5.41, 5.74) is 1.60. The number of carboxylic acid groups (broad SMARTS) is 1. The average Bonchev–Trinajstić information content (AvgIpc) is 2.61. The van der Waals surface area contributed by atoms with Gasteiger partial charge in [-0.2, -0.15) is 0 Å². The fourth-order valence-corrected chi connectivity index (χ4v) is 3.07. The number of halogens is 1. The van der Waals surface area contributed by atoms with Gasteiger partial charge >= 0.3 is 5.97 Å². The molecule has 0 aliphatic carbocycles. The highest BCUT2D eigenvalue weighted by molar-refractivity contribution is 9.10. The van der Waals surface area contributed by atoms with Crippen LogP contribution in [0.25, 0.3) is 0 Å². The summed E-state index contributed by atoms with van der Waals surface area (Å²) >= 11 is 3.35. The molecule has 0 bridgehead atoms. The Hall–Kier alpha value is -2.78. The molecule has 2 aromatic carbocycles. The number of nitro groups is 1. The highest BCUT2D eigenvalue weighted by Gasteiger charge is 2.20. The predicted octanol–water partition coefficient (Wildman–Crippen LogP) is 3.49. The minimum Gasteiger partial charge on any atom is -0.480 e. The van der Waals surface area contributed by atoms with Gasteiger partial charge < -0.3 is 10.3 Å². The van der Waals surface area contributed by atoms with Gasteiger partial charge in [0.15, 0.2) is 0 Å². The maximum absolute atomic E-state index is 11.4. The number of oxime groups is 1. The van der Waals surface area contributed by atoms with Crippen molar-refractivity contribution < 1.29 is 20.0 Å². The second-order valence-electron chi connectivity index (χ2n) is 5.76. The first kappa shape index (κ1) is 20.5. The van der Waals surface area contributed by atoms with E-state index >= 15 is 0 Å². The number of carbonyl (C=O) groups is 1. The molecule has 9 heteroatoms. The number of aliphatic carboxylic acids is 1. The third-order valence-electron chi connectivity index (χ3n) is 3.95. The highest BCUT2D eigenvalue weighted by atomic mass is 79.9. The quantitative estimate of drug-likeness (QED) is 0.283. The van der Waals surface area contributed by atoms with Crippen molar-refractivity contribution in [2.75, 3.05) is 13.1 Å². The Labute approximate surface area is 164 Å². The van der Waals surface area contributed by atoms with Crippen molar-refractivity contribution in [3.63, 3.8) is 0 Å². The largest absolute Gasteiger partial charge is 0.480 e. The molecule has 0 aromatic heterocycles. The zero-order chi connectivity index (χ0) is 20.0. The van der Waals surface area contributed by atoms with E-state index < -0.39 is 10.9 Å². The molecular weight excluding hydrogens is 418 g/mol. The van der Waals surface area contributed by atoms with E-state index in [4.69, 9.17) is 5.11 Å². The molecule has 27 heavy (non-hydrogen) atoms. The van der Waals surface area contributed by atoms with E-state index in [-0.39, 0.29) is 24.5 Å². The molecule has 2 rings (SSSR count). The van der Waals surface area contributed by atoms with Crippen LogP contribution in [-0.4, -0.2) is 44.9 Å². The zero-order valence-electron chi connectivity index (χ0n) is 14.5. The molecular formula is C18H18BrN3O5. The van der Waals surface area contributed by atoms with Crippen LogP contribution in [-0.2, 0) is 11.3 Å². The van der Waals surface area contributed by atoms with Gasteiger partial charge in [0.05, 0.1) is 11.5 Å². The number of benzene rings is 2. The maximum atomic E-state index is 11.4. The van der Waals surface area contributed by atoms with Crippen molar-refractivity contribution in [1.29, 1.82) is 0 Å². The summed E-state index contributed by atoms with van der Waals surface area (Å²) in [4.78, 5) is 23.4. The van der Waals surface area contributed by atoms with Gasteiger partial charge in [0.1, 0.15) is 5.71 Å². The van der Waals surface area contributed by atoms with Gasteiger partial charge in [-0.25, -0.2) is 0 Å². The lowest BCUT2D eigenvalue weighted by Gasteiger charge is -2.18. The lowest BCUT2D eigenvalue weighted by molar-refractivity contribution is -0.385. The van der Waals surface area contributed by atoms with Gasteiger partial charge in [-0.05, 0) is 30.8 Å². The van der Waals surface area contributed by atoms with Crippen LogP contribution in [0.4, 0.5) is 5.69 Å². The van der Waals surface area contributed by atoms with Crippen molar-refractivity contribution in [1.82, 2.24) is 4.90 Å². The van der Waals surface area contributed by atoms with Crippen LogP contribution in [0, 0.1) is 10.1 Å². The number of rotatable bonds is 8. The molecule has 0 aliphatic heterocycles. The maximum Gasteiger partial charge on any atom is 0.317 e. The van der Waals surface area contributed by atoms with Crippen molar-refractivity contribution in [3.8, 4) is 0 Å². The van der Waals surface area contributed by atoms with Crippen LogP contribution >= 0.6 is 15.9 Å². The van der Waals surface area contributed by atoms with Gasteiger partial charge in [0.2, 0.25) is 0 Å². The van der Waals surface area contributed by atoms with Gasteiger partial charge in [-0.1, -0.05) is 40.1 Å². The van der Waals surface area contributed by atoms with E-state index in [1.165, 1.54) is 12.1 Å². The normalized spacial score (nSPS) is 11.6. The monoisotopic (exact) mass is 435 g/mol. The van der Waals surface area contributed by atoms with Crippen molar-refractivity contribution in [2.24, 2.45) is 5.16 Å². The van der Waals surface area contributed by atoms with Crippen molar-refractivity contribution in [3.05, 3.63) is 73.7 Å². The minimum absolute atomic E-state index is 0.0874. The summed E-state index contributed by atoms with van der Waals surface area (Å²) in [6.07, 6.45) is 0. The molecule has 2 N–H and O–H groups in total. The SMILES string of the molecule is CCN(CC(=O)O)Cc1cc(/C(=N\O)c2cccc(Br)c2)ccc1[N+](=O)[O-]. The first-order valence-electron chi connectivity index (χ1n) is 8.05. The van der Waals surface area contributed by atoms with E-state index in [0.29, 0.717) is 23.2 Å². The fraction of sp³-hybridized carbons (Fsp3) is 0.222. The lowest BCUT2D eigenvalue weighted by atomic mass is 9.99. The third-order valence-corrected chi connectivity index (χ3v) is 4.44. The summed E-state index contributed by atoms with van der Waals surface area (Å²) in [5, 5.41) is 33.2. The summed E-state index contributed by atoms with van der Waals surface area (Å²) in [5.74, 6) is -1.01. The van der Waals surface area contributed by atoms with Crippen LogP contribution in [0.5, 0.6) is 0 Å². The number of hydrogen-bond donors (Lipinski definition) is 2. The molecule has 0 unspecified atom stereocenters. The van der Waals surface area contributed by atoms with Crippen LogP contribution in [0.3, 0.4) is 0 Å². The van der Waals surface area contributed by atoms with E-state index in [1.807, 2.05) is 6.07 Å². The van der Waals surface area contributed by atoms with E-state index in [2.05, 4.69) is 21.1 Å². The van der Waals surface area contributed by atoms with Crippen LogP contribution in [0.15, 0.2) is 52.1 Å². The predicted molar refractivity (Wildman–Crippen MR) is 103 cm³/mol. The second kappa shape index (κ2) is 9.24. The summed E-state index contributed by atoms with van der Waals surface area (Å²) in [6.45, 7) is 2.05. The van der Waals surface area contributed by atoms with E-state index in [0.717, 1.165) is 4.47 Å². The van der Waals surface area contributed by atoms with Crippen LogP contribution in [0.2, 0.25) is 0 Å². The Balaban J connectivity index is 2.47. The summed E-state index contributed by atoms with van der Waals surface area (Å²) in [7, 11) is 0. The summed E-state index contributed by atoms with van der Waals surface area (Å²) in [6, 6.07) is 11.5. The Morgan fingerprint density at radius 3 is 2.52 bits per heavy atom. The van der Waals surface area contributed by atoms with Gasteiger partial charge in [-0.3, -0.25) is 19.8 Å². The molecule has 0 radical (unpaired) electrons. The molecule has 8 nitrogen and oxygen atoms in total. The van der Waals surface area contributed by atoms with E-state index in [1.54, 1.807) is 36.1 Å². The smallest absolute Gasteiger partial charge is 0.317 e. The standard InChI is InChI=1S/C18H18BrN3O5/c1-2-21(11-17(23)24)10-14-8-13(6-7-16(14)22(26)27)18(20-25)12-4-3-5-15(19)9-12/h3-9,25H,2,10-11H2,1H3,(H,23,24)/b20-18-. The topological polar surface area (TPSA) is 116 Å². The average molecular weight is 436 g/mol. The molecule has 0 spiro atoms. The molecule has 0 atom stereocenters. The summed E-state index contributed by atoms with van der Waals surface area (Å²) < 4.78 is 0.793. The first-order chi connectivity index (χ1) is 12.8. The number of likely N-dealkylation sites (N-methyl/N-ethyl adjacent to an activating group) is 1. The second-order valence-corrected chi connectivity index (χ2v) is 6.67. The molecule has 2 aromatic rings. The zero-order valence-corrected chi connectivity index (χ0v) is 16.1. The highest BCUT2D eigenvalue weighted by Crippen LogP contribution is 2.24. The number of carboxylic acids is 1. The third kappa shape index (κ3) is 5.35. The van der Waals surface area contributed by atoms with Crippen LogP contribution < -0.4 is 0 Å². The van der Waals surface area contributed by atoms with Gasteiger partial charge in [0.25, 0.3) is 5.69 Å². The molecule has 0 saturated heterocycles. The Morgan fingerprint density at radius 1 is 1.26 bits per heavy atom. The van der Waals surface area contributed by atoms with Gasteiger partial charge in [0, 0.05) is 33.8 Å². The molecule has 0 aliphatic rings. The molecule has 0 fully saturated rings. The number of nitrogens with zero attached hydrogens (tertiary/aromatic N) is 3. The number of nitro benzene ring substituents is 1. The minimum atomic E-state index is -1.01. The molecule has 0 heterocycles. The Bertz CT molecular complexity index is 885. The molecule has 0 saturated carbocycles. The molecule has 142 valence electrons. The Morgan fingerprint density at radius 2 is 1.96 bits per heavy atom. The van der Waals surface area contributed by atoms with Crippen molar-refractivity contribution >= 4 is 33.3 Å². The first-order valence-corrected chi connectivity index (χ1v) is 8.84. The molecule has 0 amide bonds.